The molecule has 7 nitrogen and oxygen atoms in total. The molecule has 10 atom stereocenters. The largest absolute Gasteiger partial charge is 0.481 e. The summed E-state index contributed by atoms with van der Waals surface area (Å²) >= 11 is 0. The van der Waals surface area contributed by atoms with E-state index >= 15 is 0 Å². The third-order valence-electron chi connectivity index (χ3n) is 13.9. The van der Waals surface area contributed by atoms with Crippen LogP contribution in [0.5, 0.6) is 0 Å². The molecule has 0 saturated heterocycles. The zero-order valence-electron chi connectivity index (χ0n) is 26.3. The second-order valence-electron chi connectivity index (χ2n) is 15.5. The average Bonchev–Trinajstić information content (AvgIpc) is 3.29. The van der Waals surface area contributed by atoms with Crippen molar-refractivity contribution in [2.24, 2.45) is 61.8 Å². The maximum absolute atomic E-state index is 12.9. The summed E-state index contributed by atoms with van der Waals surface area (Å²) in [6, 6.07) is 0. The molecular formula is C34H51NO6. The number of hydrogen-bond acceptors (Lipinski definition) is 6. The van der Waals surface area contributed by atoms with Gasteiger partial charge >= 0.3 is 17.9 Å². The normalized spacial score (nSPS) is 47.8. The number of nitrogens with zero attached hydrogens (tertiary/aromatic N) is 1. The lowest BCUT2D eigenvalue weighted by molar-refractivity contribution is -0.233. The molecule has 0 amide bonds. The minimum atomic E-state index is -0.617. The van der Waals surface area contributed by atoms with Gasteiger partial charge in [-0.15, -0.1) is 0 Å². The van der Waals surface area contributed by atoms with Gasteiger partial charge in [-0.2, -0.15) is 0 Å². The first kappa shape index (κ1) is 30.3. The number of aliphatic carboxylic acids is 1. The van der Waals surface area contributed by atoms with Crippen molar-refractivity contribution in [3.8, 4) is 0 Å². The van der Waals surface area contributed by atoms with E-state index in [0.29, 0.717) is 18.3 Å². The molecule has 41 heavy (non-hydrogen) atoms. The van der Waals surface area contributed by atoms with Crippen molar-refractivity contribution in [1.29, 1.82) is 0 Å². The molecule has 0 spiro atoms. The van der Waals surface area contributed by atoms with E-state index in [-0.39, 0.29) is 46.6 Å². The molecule has 0 aromatic rings. The summed E-state index contributed by atoms with van der Waals surface area (Å²) in [6.45, 7) is 19.1. The van der Waals surface area contributed by atoms with Gasteiger partial charge in [0.15, 0.2) is 0 Å². The lowest BCUT2D eigenvalue weighted by atomic mass is 9.32. The molecule has 5 aliphatic carbocycles. The summed E-state index contributed by atoms with van der Waals surface area (Å²) in [6.07, 6.45) is 9.24. The summed E-state index contributed by atoms with van der Waals surface area (Å²) in [5.74, 6) is 0.145. The molecule has 228 valence electrons. The Morgan fingerprint density at radius 2 is 1.59 bits per heavy atom. The molecule has 5 aliphatic rings. The standard InChI is InChI=1S/C34H51NO6/c1-20(2)23-11-16-34(29(38)39)18-17-32(7)24(28(23)34)9-10-26-30(5)14-13-27(35-41-22(4)37)31(6,19-40-21(3)36)25(30)12-15-33(26,32)8/h23-26,28H,1,9-19H2,2-8H3,(H,38,39)/t23-,24+,25+,26+,28+,30-,31?,32+,33+,34-/m0/s1. The third-order valence-corrected chi connectivity index (χ3v) is 13.9. The summed E-state index contributed by atoms with van der Waals surface area (Å²) in [4.78, 5) is 41.7. The monoisotopic (exact) mass is 569 g/mol. The summed E-state index contributed by atoms with van der Waals surface area (Å²) < 4.78 is 5.67. The van der Waals surface area contributed by atoms with Crippen molar-refractivity contribution >= 4 is 23.6 Å². The zero-order valence-corrected chi connectivity index (χ0v) is 26.3. The van der Waals surface area contributed by atoms with Crippen molar-refractivity contribution in [1.82, 2.24) is 0 Å². The number of carboxylic acid groups (broad SMARTS) is 1. The van der Waals surface area contributed by atoms with Crippen LogP contribution in [0.15, 0.2) is 17.3 Å². The van der Waals surface area contributed by atoms with Crippen molar-refractivity contribution in [2.45, 2.75) is 113 Å². The van der Waals surface area contributed by atoms with Crippen molar-refractivity contribution in [2.75, 3.05) is 6.61 Å². The number of carbonyl (C=O) groups is 3. The minimum Gasteiger partial charge on any atom is -0.481 e. The van der Waals surface area contributed by atoms with Crippen LogP contribution < -0.4 is 0 Å². The highest BCUT2D eigenvalue weighted by atomic mass is 16.7. The molecular weight excluding hydrogens is 518 g/mol. The van der Waals surface area contributed by atoms with E-state index in [1.807, 2.05) is 0 Å². The number of carbonyl (C=O) groups excluding carboxylic acids is 2. The number of ether oxygens (including phenoxy) is 1. The summed E-state index contributed by atoms with van der Waals surface area (Å²) in [5.41, 5.74) is 0.945. The molecule has 0 bridgehead atoms. The second-order valence-corrected chi connectivity index (χ2v) is 15.5. The van der Waals surface area contributed by atoms with Crippen LogP contribution in [0.25, 0.3) is 0 Å². The molecule has 7 heteroatoms. The number of esters is 1. The van der Waals surface area contributed by atoms with Crippen LogP contribution in [0, 0.1) is 56.7 Å². The Hall–Kier alpha value is -2.18. The van der Waals surface area contributed by atoms with Gasteiger partial charge in [-0.3, -0.25) is 9.59 Å². The predicted molar refractivity (Wildman–Crippen MR) is 157 cm³/mol. The molecule has 5 saturated carbocycles. The van der Waals surface area contributed by atoms with Gasteiger partial charge in [0.2, 0.25) is 0 Å². The van der Waals surface area contributed by atoms with Gasteiger partial charge < -0.3 is 14.7 Å². The van der Waals surface area contributed by atoms with Crippen LogP contribution in [-0.4, -0.2) is 35.3 Å². The van der Waals surface area contributed by atoms with E-state index in [4.69, 9.17) is 9.57 Å². The highest BCUT2D eigenvalue weighted by molar-refractivity contribution is 5.91. The number of carboxylic acids is 1. The molecule has 5 rings (SSSR count). The van der Waals surface area contributed by atoms with E-state index in [1.54, 1.807) is 0 Å². The molecule has 1 unspecified atom stereocenters. The van der Waals surface area contributed by atoms with E-state index in [2.05, 4.69) is 46.4 Å². The van der Waals surface area contributed by atoms with Crippen LogP contribution in [-0.2, 0) is 24.0 Å². The fraction of sp³-hybridized carbons (Fsp3) is 0.824. The smallest absolute Gasteiger partial charge is 0.331 e. The maximum Gasteiger partial charge on any atom is 0.331 e. The molecule has 0 heterocycles. The second kappa shape index (κ2) is 9.94. The Morgan fingerprint density at radius 1 is 0.878 bits per heavy atom. The van der Waals surface area contributed by atoms with E-state index in [0.717, 1.165) is 69.1 Å². The fourth-order valence-electron chi connectivity index (χ4n) is 11.9. The molecule has 0 aliphatic heterocycles. The van der Waals surface area contributed by atoms with Gasteiger partial charge in [0.1, 0.15) is 6.61 Å². The Balaban J connectivity index is 1.53. The lowest BCUT2D eigenvalue weighted by Crippen LogP contribution is -2.67. The van der Waals surface area contributed by atoms with Gasteiger partial charge in [-0.05, 0) is 117 Å². The third kappa shape index (κ3) is 4.17. The number of hydrogen-bond donors (Lipinski definition) is 1. The lowest BCUT2D eigenvalue weighted by Gasteiger charge is -2.72. The van der Waals surface area contributed by atoms with Crippen LogP contribution in [0.1, 0.15) is 113 Å². The van der Waals surface area contributed by atoms with Crippen molar-refractivity contribution in [3.63, 3.8) is 0 Å². The first-order chi connectivity index (χ1) is 19.1. The first-order valence-electron chi connectivity index (χ1n) is 15.8. The Bertz CT molecular complexity index is 1180. The first-order valence-corrected chi connectivity index (χ1v) is 15.8. The topological polar surface area (TPSA) is 102 Å². The minimum absolute atomic E-state index is 0.00408. The van der Waals surface area contributed by atoms with Crippen LogP contribution in [0.2, 0.25) is 0 Å². The highest BCUT2D eigenvalue weighted by Gasteiger charge is 2.72. The average molecular weight is 570 g/mol. The maximum atomic E-state index is 12.9. The quantitative estimate of drug-likeness (QED) is 0.163. The molecule has 0 aromatic heterocycles. The van der Waals surface area contributed by atoms with Gasteiger partial charge in [0, 0.05) is 19.3 Å². The Kier molecular flexibility index (Phi) is 7.34. The van der Waals surface area contributed by atoms with Crippen molar-refractivity contribution in [3.05, 3.63) is 12.2 Å². The van der Waals surface area contributed by atoms with Gasteiger partial charge in [-0.25, -0.2) is 4.79 Å². The predicted octanol–water partition coefficient (Wildman–Crippen LogP) is 7.19. The fourth-order valence-corrected chi connectivity index (χ4v) is 11.9. The van der Waals surface area contributed by atoms with Crippen LogP contribution in [0.4, 0.5) is 0 Å². The molecule has 1 N–H and O–H groups in total. The van der Waals surface area contributed by atoms with Crippen LogP contribution >= 0.6 is 0 Å². The highest BCUT2D eigenvalue weighted by Crippen LogP contribution is 2.77. The number of fused-ring (bicyclic) bond motifs is 7. The van der Waals surface area contributed by atoms with E-state index < -0.39 is 22.8 Å². The van der Waals surface area contributed by atoms with Gasteiger partial charge in [-0.1, -0.05) is 45.0 Å². The van der Waals surface area contributed by atoms with Crippen LogP contribution in [0.3, 0.4) is 0 Å². The molecule has 5 fully saturated rings. The van der Waals surface area contributed by atoms with Gasteiger partial charge in [0.25, 0.3) is 0 Å². The van der Waals surface area contributed by atoms with E-state index in [9.17, 15) is 19.5 Å². The Morgan fingerprint density at radius 3 is 2.20 bits per heavy atom. The van der Waals surface area contributed by atoms with Crippen molar-refractivity contribution < 1.29 is 29.1 Å². The Labute approximate surface area is 245 Å². The number of rotatable bonds is 5. The number of oxime groups is 1. The van der Waals surface area contributed by atoms with Gasteiger partial charge in [0.05, 0.1) is 11.1 Å². The summed E-state index contributed by atoms with van der Waals surface area (Å²) in [5, 5.41) is 14.9. The zero-order chi connectivity index (χ0) is 30.2. The molecule has 0 aromatic carbocycles. The summed E-state index contributed by atoms with van der Waals surface area (Å²) in [7, 11) is 0. The number of allylic oxidation sites excluding steroid dienone is 1. The molecule has 0 radical (unpaired) electrons. The SMILES string of the molecule is C=C(C)[C@@H]1CC[C@]2(C(=O)O)CC[C@]3(C)[C@H](CC[C@@H]4[C@@]5(C)CCC(=NOC(C)=O)C(C)(COC(C)=O)[C@@H]5CC[C@]43C)[C@@H]12. The van der Waals surface area contributed by atoms with E-state index in [1.165, 1.54) is 13.8 Å².